The van der Waals surface area contributed by atoms with Crippen LogP contribution in [0.4, 0.5) is 10.1 Å². The highest BCUT2D eigenvalue weighted by atomic mass is 32.1. The number of aryl methyl sites for hydroxylation is 1. The van der Waals surface area contributed by atoms with Crippen LogP contribution in [0.25, 0.3) is 4.96 Å². The zero-order valence-corrected chi connectivity index (χ0v) is 12.0. The second-order valence-electron chi connectivity index (χ2n) is 4.44. The molecule has 104 valence electrons. The molecule has 0 fully saturated rings. The van der Waals surface area contributed by atoms with Gasteiger partial charge in [-0.05, 0) is 24.6 Å². The van der Waals surface area contributed by atoms with Crippen molar-refractivity contribution in [3.8, 4) is 5.88 Å². The number of fused-ring (bicyclic) bond motifs is 1. The van der Waals surface area contributed by atoms with E-state index in [0.29, 0.717) is 18.0 Å². The van der Waals surface area contributed by atoms with Gasteiger partial charge in [0.1, 0.15) is 11.5 Å². The maximum atomic E-state index is 13.5. The van der Waals surface area contributed by atoms with Crippen molar-refractivity contribution < 1.29 is 9.13 Å². The fraction of sp³-hybridized carbons (Fsp3) is 0.214. The molecular weight excluding hydrogens is 277 g/mol. The number of rotatable bonds is 4. The van der Waals surface area contributed by atoms with Crippen molar-refractivity contribution in [2.75, 3.05) is 12.4 Å². The summed E-state index contributed by atoms with van der Waals surface area (Å²) < 4.78 is 20.8. The number of ether oxygens (including phenoxy) is 1. The highest BCUT2D eigenvalue weighted by Gasteiger charge is 2.13. The maximum Gasteiger partial charge on any atom is 0.238 e. The van der Waals surface area contributed by atoms with E-state index in [0.717, 1.165) is 16.3 Å². The van der Waals surface area contributed by atoms with Gasteiger partial charge in [-0.25, -0.2) is 4.39 Å². The number of nitrogens with one attached hydrogen (secondary N) is 1. The molecule has 0 saturated heterocycles. The van der Waals surface area contributed by atoms with E-state index in [4.69, 9.17) is 4.74 Å². The number of imidazole rings is 1. The Morgan fingerprint density at radius 2 is 2.30 bits per heavy atom. The molecule has 0 amide bonds. The monoisotopic (exact) mass is 291 g/mol. The lowest BCUT2D eigenvalue weighted by molar-refractivity contribution is 0.395. The van der Waals surface area contributed by atoms with Crippen molar-refractivity contribution in [2.24, 2.45) is 0 Å². The summed E-state index contributed by atoms with van der Waals surface area (Å²) in [5.41, 5.74) is 2.29. The summed E-state index contributed by atoms with van der Waals surface area (Å²) in [5.74, 6) is 0.382. The molecule has 1 N–H and O–H groups in total. The number of hydrogen-bond acceptors (Lipinski definition) is 4. The molecular formula is C14H14FN3OS. The second kappa shape index (κ2) is 5.13. The third-order valence-electron chi connectivity index (χ3n) is 3.15. The zero-order chi connectivity index (χ0) is 14.1. The summed E-state index contributed by atoms with van der Waals surface area (Å²) in [6.07, 6.45) is 1.95. The summed E-state index contributed by atoms with van der Waals surface area (Å²) in [6, 6.07) is 5.11. The molecule has 0 aliphatic heterocycles. The summed E-state index contributed by atoms with van der Waals surface area (Å²) in [6.45, 7) is 2.26. The Morgan fingerprint density at radius 1 is 1.45 bits per heavy atom. The Balaban J connectivity index is 1.85. The van der Waals surface area contributed by atoms with Crippen LogP contribution < -0.4 is 10.1 Å². The van der Waals surface area contributed by atoms with Crippen molar-refractivity contribution in [3.05, 3.63) is 46.9 Å². The van der Waals surface area contributed by atoms with Crippen molar-refractivity contribution in [1.82, 2.24) is 9.38 Å². The Labute approximate surface area is 119 Å². The molecule has 2 heterocycles. The minimum Gasteiger partial charge on any atom is -0.480 e. The second-order valence-corrected chi connectivity index (χ2v) is 5.31. The zero-order valence-electron chi connectivity index (χ0n) is 11.2. The van der Waals surface area contributed by atoms with E-state index < -0.39 is 0 Å². The molecule has 0 atom stereocenters. The number of nitrogens with zero attached hydrogens (tertiary/aromatic N) is 2. The van der Waals surface area contributed by atoms with Gasteiger partial charge < -0.3 is 10.1 Å². The van der Waals surface area contributed by atoms with E-state index in [1.54, 1.807) is 31.4 Å². The van der Waals surface area contributed by atoms with Gasteiger partial charge in [0.15, 0.2) is 4.96 Å². The summed E-state index contributed by atoms with van der Waals surface area (Å²) in [5, 5.41) is 5.16. The van der Waals surface area contributed by atoms with Crippen LogP contribution in [-0.2, 0) is 6.54 Å². The highest BCUT2D eigenvalue weighted by Crippen LogP contribution is 2.24. The Morgan fingerprint density at radius 3 is 3.05 bits per heavy atom. The van der Waals surface area contributed by atoms with E-state index in [9.17, 15) is 4.39 Å². The van der Waals surface area contributed by atoms with Gasteiger partial charge in [-0.3, -0.25) is 4.40 Å². The van der Waals surface area contributed by atoms with Gasteiger partial charge in [0, 0.05) is 17.3 Å². The van der Waals surface area contributed by atoms with E-state index in [-0.39, 0.29) is 5.82 Å². The van der Waals surface area contributed by atoms with Gasteiger partial charge in [-0.1, -0.05) is 6.07 Å². The van der Waals surface area contributed by atoms with Crippen molar-refractivity contribution in [3.63, 3.8) is 0 Å². The third-order valence-corrected chi connectivity index (χ3v) is 3.91. The summed E-state index contributed by atoms with van der Waals surface area (Å²) in [4.78, 5) is 5.26. The van der Waals surface area contributed by atoms with E-state index in [2.05, 4.69) is 10.3 Å². The first-order chi connectivity index (χ1) is 9.69. The first-order valence-corrected chi connectivity index (χ1v) is 7.05. The van der Waals surface area contributed by atoms with Crippen LogP contribution in [-0.4, -0.2) is 16.5 Å². The standard InChI is InChI=1S/C14H14FN3OS/c1-9-3-4-10(7-11(9)15)16-8-12-13(19-2)17-14-18(12)5-6-20-14/h3-7,16H,8H2,1-2H3. The molecule has 0 aliphatic carbocycles. The van der Waals surface area contributed by atoms with Crippen LogP contribution in [0.5, 0.6) is 5.88 Å². The van der Waals surface area contributed by atoms with Gasteiger partial charge in [-0.15, -0.1) is 11.3 Å². The Kier molecular flexibility index (Phi) is 3.31. The van der Waals surface area contributed by atoms with Crippen LogP contribution >= 0.6 is 11.3 Å². The lowest BCUT2D eigenvalue weighted by atomic mass is 10.2. The molecule has 4 nitrogen and oxygen atoms in total. The van der Waals surface area contributed by atoms with Gasteiger partial charge in [0.2, 0.25) is 5.88 Å². The molecule has 1 aromatic carbocycles. The van der Waals surface area contributed by atoms with Crippen LogP contribution in [0.2, 0.25) is 0 Å². The topological polar surface area (TPSA) is 38.6 Å². The van der Waals surface area contributed by atoms with Crippen molar-refractivity contribution in [2.45, 2.75) is 13.5 Å². The molecule has 0 unspecified atom stereocenters. The average molecular weight is 291 g/mol. The number of halogens is 1. The first kappa shape index (κ1) is 12.9. The van der Waals surface area contributed by atoms with Crippen LogP contribution in [0.3, 0.4) is 0 Å². The number of methoxy groups -OCH3 is 1. The van der Waals surface area contributed by atoms with Crippen molar-refractivity contribution in [1.29, 1.82) is 0 Å². The smallest absolute Gasteiger partial charge is 0.238 e. The number of thiazole rings is 1. The average Bonchev–Trinajstić information content (AvgIpc) is 3.00. The molecule has 0 radical (unpaired) electrons. The lowest BCUT2D eigenvalue weighted by Crippen LogP contribution is -2.04. The van der Waals surface area contributed by atoms with Crippen molar-refractivity contribution >= 4 is 22.0 Å². The third kappa shape index (κ3) is 2.22. The van der Waals surface area contributed by atoms with Gasteiger partial charge in [0.05, 0.1) is 13.7 Å². The molecule has 6 heteroatoms. The van der Waals surface area contributed by atoms with Crippen LogP contribution in [0, 0.1) is 12.7 Å². The van der Waals surface area contributed by atoms with Gasteiger partial charge in [0.25, 0.3) is 0 Å². The normalized spacial score (nSPS) is 10.9. The SMILES string of the molecule is COc1nc2sccn2c1CNc1ccc(C)c(F)c1. The minimum absolute atomic E-state index is 0.212. The summed E-state index contributed by atoms with van der Waals surface area (Å²) in [7, 11) is 1.60. The minimum atomic E-state index is -0.212. The van der Waals surface area contributed by atoms with E-state index >= 15 is 0 Å². The fourth-order valence-electron chi connectivity index (χ4n) is 2.03. The highest BCUT2D eigenvalue weighted by molar-refractivity contribution is 7.15. The first-order valence-electron chi connectivity index (χ1n) is 6.17. The lowest BCUT2D eigenvalue weighted by Gasteiger charge is -2.08. The van der Waals surface area contributed by atoms with E-state index in [1.165, 1.54) is 6.07 Å². The fourth-order valence-corrected chi connectivity index (χ4v) is 2.75. The maximum absolute atomic E-state index is 13.5. The number of hydrogen-bond donors (Lipinski definition) is 1. The molecule has 0 aliphatic rings. The molecule has 20 heavy (non-hydrogen) atoms. The van der Waals surface area contributed by atoms with Gasteiger partial charge >= 0.3 is 0 Å². The molecule has 2 aromatic heterocycles. The predicted molar refractivity (Wildman–Crippen MR) is 78.1 cm³/mol. The summed E-state index contributed by atoms with van der Waals surface area (Å²) >= 11 is 1.55. The molecule has 3 aromatic rings. The number of benzene rings is 1. The van der Waals surface area contributed by atoms with Crippen LogP contribution in [0.15, 0.2) is 29.8 Å². The van der Waals surface area contributed by atoms with Crippen LogP contribution in [0.1, 0.15) is 11.3 Å². The molecule has 3 rings (SSSR count). The van der Waals surface area contributed by atoms with Gasteiger partial charge in [-0.2, -0.15) is 4.98 Å². The molecule has 0 bridgehead atoms. The number of anilines is 1. The van der Waals surface area contributed by atoms with E-state index in [1.807, 2.05) is 22.0 Å². The molecule has 0 saturated carbocycles. The Hall–Kier alpha value is -2.08. The largest absolute Gasteiger partial charge is 0.480 e. The molecule has 0 spiro atoms. The Bertz CT molecular complexity index is 750. The number of aromatic nitrogens is 2. The quantitative estimate of drug-likeness (QED) is 0.800. The predicted octanol–water partition coefficient (Wildman–Crippen LogP) is 3.46.